The summed E-state index contributed by atoms with van der Waals surface area (Å²) in [5.41, 5.74) is -0.425. The minimum absolute atomic E-state index is 0.00127. The van der Waals surface area contributed by atoms with Crippen molar-refractivity contribution in [1.29, 1.82) is 0 Å². The highest BCUT2D eigenvalue weighted by Crippen LogP contribution is 2.28. The molecule has 1 aliphatic rings. The lowest BCUT2D eigenvalue weighted by Gasteiger charge is -2.27. The Balaban J connectivity index is 1.98. The Morgan fingerprint density at radius 3 is 2.20 bits per heavy atom. The second-order valence-electron chi connectivity index (χ2n) is 7.21. The molecule has 35 heavy (non-hydrogen) atoms. The van der Waals surface area contributed by atoms with Gasteiger partial charge in [0.1, 0.15) is 4.90 Å². The maximum absolute atomic E-state index is 11.8. The second-order valence-corrected chi connectivity index (χ2v) is 11.9. The summed E-state index contributed by atoms with van der Waals surface area (Å²) in [5.74, 6) is -0.0557. The van der Waals surface area contributed by atoms with Crippen molar-refractivity contribution in [3.8, 4) is 0 Å². The standard InChI is InChI=1S/C16H23N7O9S3/c1-33(24,25)18-5-4-17-14-20-15(22-16(21-14)23-6-8-32-9-7-23)19-12-10-11(34(26,27)28)2-3-13(12)35(29,30)31/h2-3,10,18H,4-9H2,1H3,(H,26,27,28)(H,29,30,31)(H2,17,19,20,21,22). The van der Waals surface area contributed by atoms with Crippen LogP contribution in [0.4, 0.5) is 23.5 Å². The molecule has 2 heterocycles. The van der Waals surface area contributed by atoms with Crippen molar-refractivity contribution in [1.82, 2.24) is 19.7 Å². The highest BCUT2D eigenvalue weighted by atomic mass is 32.2. The zero-order valence-electron chi connectivity index (χ0n) is 18.2. The lowest BCUT2D eigenvalue weighted by atomic mass is 10.3. The topological polar surface area (TPSA) is 230 Å². The molecular weight excluding hydrogens is 530 g/mol. The number of morpholine rings is 1. The van der Waals surface area contributed by atoms with E-state index in [1.807, 2.05) is 0 Å². The summed E-state index contributed by atoms with van der Waals surface area (Å²) >= 11 is 0. The molecule has 194 valence electrons. The number of rotatable bonds is 10. The third-order valence-corrected chi connectivity index (χ3v) is 6.95. The molecule has 16 nitrogen and oxygen atoms in total. The van der Waals surface area contributed by atoms with Gasteiger partial charge >= 0.3 is 0 Å². The number of hydrogen-bond donors (Lipinski definition) is 5. The van der Waals surface area contributed by atoms with Crippen LogP contribution in [0.1, 0.15) is 0 Å². The van der Waals surface area contributed by atoms with Crippen molar-refractivity contribution < 1.29 is 39.1 Å². The highest BCUT2D eigenvalue weighted by Gasteiger charge is 2.22. The molecule has 1 aromatic carbocycles. The molecule has 19 heteroatoms. The largest absolute Gasteiger partial charge is 0.378 e. The van der Waals surface area contributed by atoms with E-state index in [0.29, 0.717) is 26.3 Å². The van der Waals surface area contributed by atoms with Crippen molar-refractivity contribution >= 4 is 53.8 Å². The normalized spacial score (nSPS) is 15.1. The molecule has 0 radical (unpaired) electrons. The SMILES string of the molecule is CS(=O)(=O)NCCNc1nc(Nc2cc(S(=O)(=O)O)ccc2S(=O)(=O)O)nc(N2CCOCC2)n1. The summed E-state index contributed by atoms with van der Waals surface area (Å²) in [6.45, 7) is 1.79. The minimum Gasteiger partial charge on any atom is -0.378 e. The molecule has 1 fully saturated rings. The van der Waals surface area contributed by atoms with Crippen molar-refractivity contribution in [2.45, 2.75) is 9.79 Å². The predicted octanol–water partition coefficient (Wildman–Crippen LogP) is -1.09. The summed E-state index contributed by atoms with van der Waals surface area (Å²) in [6, 6.07) is 2.39. The van der Waals surface area contributed by atoms with Crippen LogP contribution in [-0.2, 0) is 35.0 Å². The first-order valence-corrected chi connectivity index (χ1v) is 14.6. The molecule has 1 aromatic heterocycles. The van der Waals surface area contributed by atoms with E-state index in [1.165, 1.54) is 0 Å². The third-order valence-electron chi connectivity index (χ3n) is 4.46. The van der Waals surface area contributed by atoms with Gasteiger partial charge in [-0.1, -0.05) is 0 Å². The maximum atomic E-state index is 11.8. The summed E-state index contributed by atoms with van der Waals surface area (Å²) in [4.78, 5) is 13.0. The van der Waals surface area contributed by atoms with Crippen LogP contribution in [0.2, 0.25) is 0 Å². The Kier molecular flexibility index (Phi) is 8.09. The maximum Gasteiger partial charge on any atom is 0.296 e. The van der Waals surface area contributed by atoms with E-state index in [2.05, 4.69) is 30.3 Å². The van der Waals surface area contributed by atoms with Crippen molar-refractivity contribution in [2.24, 2.45) is 0 Å². The van der Waals surface area contributed by atoms with Gasteiger partial charge in [0.2, 0.25) is 27.9 Å². The van der Waals surface area contributed by atoms with E-state index in [9.17, 15) is 34.4 Å². The Morgan fingerprint density at radius 2 is 1.60 bits per heavy atom. The first-order chi connectivity index (χ1) is 16.2. The average Bonchev–Trinajstić information content (AvgIpc) is 2.75. The lowest BCUT2D eigenvalue weighted by Crippen LogP contribution is -2.37. The van der Waals surface area contributed by atoms with Crippen LogP contribution in [0.15, 0.2) is 28.0 Å². The van der Waals surface area contributed by atoms with Gasteiger partial charge in [-0.05, 0) is 18.2 Å². The van der Waals surface area contributed by atoms with Gasteiger partial charge in [0.15, 0.2) is 0 Å². The number of sulfonamides is 1. The van der Waals surface area contributed by atoms with Crippen LogP contribution in [0.5, 0.6) is 0 Å². The van der Waals surface area contributed by atoms with E-state index in [4.69, 9.17) is 4.74 Å². The summed E-state index contributed by atoms with van der Waals surface area (Å²) in [7, 11) is -12.9. The van der Waals surface area contributed by atoms with E-state index in [1.54, 1.807) is 4.90 Å². The van der Waals surface area contributed by atoms with Gasteiger partial charge in [0.05, 0.1) is 30.1 Å². The fraction of sp³-hybridized carbons (Fsp3) is 0.438. The van der Waals surface area contributed by atoms with Gasteiger partial charge in [0, 0.05) is 26.2 Å². The lowest BCUT2D eigenvalue weighted by molar-refractivity contribution is 0.122. The van der Waals surface area contributed by atoms with E-state index < -0.39 is 45.7 Å². The highest BCUT2D eigenvalue weighted by molar-refractivity contribution is 7.88. The van der Waals surface area contributed by atoms with Crippen LogP contribution in [0, 0.1) is 0 Å². The number of nitrogens with zero attached hydrogens (tertiary/aromatic N) is 4. The quantitative estimate of drug-likeness (QED) is 0.174. The van der Waals surface area contributed by atoms with Crippen LogP contribution in [0.25, 0.3) is 0 Å². The second kappa shape index (κ2) is 10.5. The number of ether oxygens (including phenoxy) is 1. The molecule has 3 rings (SSSR count). The number of hydrogen-bond acceptors (Lipinski definition) is 13. The van der Waals surface area contributed by atoms with Gasteiger partial charge < -0.3 is 20.3 Å². The van der Waals surface area contributed by atoms with Crippen LogP contribution < -0.4 is 20.3 Å². The molecule has 1 saturated heterocycles. The smallest absolute Gasteiger partial charge is 0.296 e. The molecule has 0 amide bonds. The average molecular weight is 554 g/mol. The molecule has 0 saturated carbocycles. The van der Waals surface area contributed by atoms with Crippen molar-refractivity contribution in [3.63, 3.8) is 0 Å². The molecule has 0 aliphatic carbocycles. The van der Waals surface area contributed by atoms with Crippen LogP contribution >= 0.6 is 0 Å². The van der Waals surface area contributed by atoms with Gasteiger partial charge in [-0.3, -0.25) is 9.11 Å². The van der Waals surface area contributed by atoms with Crippen LogP contribution in [0.3, 0.4) is 0 Å². The van der Waals surface area contributed by atoms with E-state index in [-0.39, 0.29) is 30.9 Å². The van der Waals surface area contributed by atoms with Gasteiger partial charge in [-0.15, -0.1) is 0 Å². The summed E-state index contributed by atoms with van der Waals surface area (Å²) in [5, 5.41) is 5.35. The predicted molar refractivity (Wildman–Crippen MR) is 124 cm³/mol. The number of aromatic nitrogens is 3. The Hall–Kier alpha value is -2.68. The van der Waals surface area contributed by atoms with Gasteiger partial charge in [-0.2, -0.15) is 31.8 Å². The minimum atomic E-state index is -4.81. The van der Waals surface area contributed by atoms with Crippen LogP contribution in [-0.4, -0.2) is 95.0 Å². The molecule has 0 atom stereocenters. The first-order valence-electron chi connectivity index (χ1n) is 9.86. The summed E-state index contributed by atoms with van der Waals surface area (Å²) in [6.07, 6.45) is 1.00. The van der Waals surface area contributed by atoms with E-state index in [0.717, 1.165) is 24.5 Å². The Bertz CT molecular complexity index is 1390. The van der Waals surface area contributed by atoms with Crippen molar-refractivity contribution in [3.05, 3.63) is 18.2 Å². The fourth-order valence-electron chi connectivity index (χ4n) is 2.93. The number of nitrogens with one attached hydrogen (secondary N) is 3. The fourth-order valence-corrected chi connectivity index (χ4v) is 4.54. The Morgan fingerprint density at radius 1 is 0.943 bits per heavy atom. The zero-order valence-corrected chi connectivity index (χ0v) is 20.7. The number of benzene rings is 1. The molecule has 1 aliphatic heterocycles. The molecule has 5 N–H and O–H groups in total. The zero-order chi connectivity index (χ0) is 25.9. The molecule has 0 bridgehead atoms. The van der Waals surface area contributed by atoms with Gasteiger partial charge in [0.25, 0.3) is 20.2 Å². The summed E-state index contributed by atoms with van der Waals surface area (Å²) < 4.78 is 95.6. The molecule has 0 spiro atoms. The first kappa shape index (κ1) is 26.9. The van der Waals surface area contributed by atoms with Gasteiger partial charge in [-0.25, -0.2) is 13.1 Å². The Labute approximate surface area is 201 Å². The monoisotopic (exact) mass is 553 g/mol. The molecule has 2 aromatic rings. The molecular formula is C16H23N7O9S3. The van der Waals surface area contributed by atoms with E-state index >= 15 is 0 Å². The molecule has 0 unspecified atom stereocenters. The third kappa shape index (κ3) is 7.92. The van der Waals surface area contributed by atoms with Crippen molar-refractivity contribution in [2.75, 3.05) is 61.2 Å². The number of anilines is 4.